The summed E-state index contributed by atoms with van der Waals surface area (Å²) in [7, 11) is 0. The van der Waals surface area contributed by atoms with E-state index >= 15 is 0 Å². The van der Waals surface area contributed by atoms with Gasteiger partial charge in [0.1, 0.15) is 6.04 Å². The first-order valence-electron chi connectivity index (χ1n) is 13.3. The van der Waals surface area contributed by atoms with Crippen molar-refractivity contribution >= 4 is 34.2 Å². The van der Waals surface area contributed by atoms with Gasteiger partial charge in [0.2, 0.25) is 11.8 Å². The molecule has 1 aromatic heterocycles. The number of Topliss-reactive ketones (excluding diaryl/α,β-unsaturated/α-hetero) is 1. The van der Waals surface area contributed by atoms with Crippen molar-refractivity contribution in [1.82, 2.24) is 10.3 Å². The van der Waals surface area contributed by atoms with Crippen LogP contribution < -0.4 is 10.2 Å². The molecule has 2 amide bonds. The highest BCUT2D eigenvalue weighted by Gasteiger charge is 2.34. The van der Waals surface area contributed by atoms with E-state index in [1.807, 2.05) is 60.8 Å². The largest absolute Gasteiger partial charge is 0.361 e. The van der Waals surface area contributed by atoms with Crippen LogP contribution in [-0.4, -0.2) is 28.6 Å². The first-order valence-corrected chi connectivity index (χ1v) is 13.3. The van der Waals surface area contributed by atoms with Gasteiger partial charge in [-0.05, 0) is 61.2 Å². The molecular formula is C32H33N3O3. The SMILES string of the molecule is CC(=O)c1ccc(N(C(=O)Cc2c[nH]c3ccccc23)[C@@H](C(=O)NC2CCCCC2)c2ccccc2)cc1. The third kappa shape index (κ3) is 5.54. The van der Waals surface area contributed by atoms with Crippen LogP contribution in [0.4, 0.5) is 5.69 Å². The Balaban J connectivity index is 1.55. The summed E-state index contributed by atoms with van der Waals surface area (Å²) in [6, 6.07) is 23.5. The fraction of sp³-hybridized carbons (Fsp3) is 0.281. The molecule has 0 radical (unpaired) electrons. The zero-order chi connectivity index (χ0) is 26.5. The average Bonchev–Trinajstić information content (AvgIpc) is 3.35. The van der Waals surface area contributed by atoms with Crippen LogP contribution in [-0.2, 0) is 16.0 Å². The van der Waals surface area contributed by atoms with E-state index in [9.17, 15) is 14.4 Å². The Bertz CT molecular complexity index is 1420. The molecule has 1 saturated carbocycles. The molecule has 0 bridgehead atoms. The minimum atomic E-state index is -0.848. The molecule has 0 unspecified atom stereocenters. The van der Waals surface area contributed by atoms with Gasteiger partial charge in [-0.25, -0.2) is 0 Å². The topological polar surface area (TPSA) is 82.3 Å². The van der Waals surface area contributed by atoms with Crippen molar-refractivity contribution in [2.75, 3.05) is 4.90 Å². The Morgan fingerprint density at radius 1 is 0.895 bits per heavy atom. The zero-order valence-electron chi connectivity index (χ0n) is 21.7. The number of ketones is 1. The minimum absolute atomic E-state index is 0.0529. The maximum Gasteiger partial charge on any atom is 0.248 e. The van der Waals surface area contributed by atoms with Crippen LogP contribution in [0, 0.1) is 0 Å². The number of carbonyl (C=O) groups is 3. The van der Waals surface area contributed by atoms with Crippen molar-refractivity contribution in [3.05, 3.63) is 102 Å². The lowest BCUT2D eigenvalue weighted by molar-refractivity contribution is -0.127. The molecular weight excluding hydrogens is 474 g/mol. The van der Waals surface area contributed by atoms with E-state index in [4.69, 9.17) is 0 Å². The molecule has 5 rings (SSSR count). The van der Waals surface area contributed by atoms with E-state index in [2.05, 4.69) is 10.3 Å². The lowest BCUT2D eigenvalue weighted by Gasteiger charge is -2.33. The molecule has 194 valence electrons. The summed E-state index contributed by atoms with van der Waals surface area (Å²) in [5.74, 6) is -0.438. The standard InChI is InChI=1S/C32H33N3O3/c1-22(36)23-16-18-27(19-17-23)35(30(37)20-25-21-33-29-15-9-8-14-28(25)29)31(24-10-4-2-5-11-24)32(38)34-26-12-6-3-7-13-26/h2,4-5,8-11,14-19,21,26,31,33H,3,6-7,12-13,20H2,1H3,(H,34,38)/t31-/m1/s1. The van der Waals surface area contributed by atoms with Gasteiger partial charge < -0.3 is 10.3 Å². The summed E-state index contributed by atoms with van der Waals surface area (Å²) in [5.41, 5.74) is 3.70. The number of nitrogens with one attached hydrogen (secondary N) is 2. The van der Waals surface area contributed by atoms with Gasteiger partial charge in [0.15, 0.2) is 5.78 Å². The number of aromatic nitrogens is 1. The number of para-hydroxylation sites is 1. The molecule has 1 aliphatic rings. The van der Waals surface area contributed by atoms with Gasteiger partial charge in [0.05, 0.1) is 6.42 Å². The highest BCUT2D eigenvalue weighted by Crippen LogP contribution is 2.31. The molecule has 2 N–H and O–H groups in total. The fourth-order valence-corrected chi connectivity index (χ4v) is 5.40. The van der Waals surface area contributed by atoms with Crippen LogP contribution in [0.2, 0.25) is 0 Å². The number of aromatic amines is 1. The van der Waals surface area contributed by atoms with E-state index in [-0.39, 0.29) is 30.1 Å². The second-order valence-electron chi connectivity index (χ2n) is 10.1. The summed E-state index contributed by atoms with van der Waals surface area (Å²) in [6.07, 6.45) is 7.25. The van der Waals surface area contributed by atoms with E-state index < -0.39 is 6.04 Å². The number of H-pyrrole nitrogens is 1. The monoisotopic (exact) mass is 507 g/mol. The normalized spacial score (nSPS) is 14.7. The van der Waals surface area contributed by atoms with E-state index in [1.54, 1.807) is 29.2 Å². The van der Waals surface area contributed by atoms with Gasteiger partial charge in [0.25, 0.3) is 0 Å². The Kier molecular flexibility index (Phi) is 7.68. The van der Waals surface area contributed by atoms with Crippen LogP contribution >= 0.6 is 0 Å². The number of fused-ring (bicyclic) bond motifs is 1. The third-order valence-electron chi connectivity index (χ3n) is 7.41. The average molecular weight is 508 g/mol. The molecule has 1 aliphatic carbocycles. The van der Waals surface area contributed by atoms with Crippen LogP contribution in [0.1, 0.15) is 66.6 Å². The van der Waals surface area contributed by atoms with Crippen molar-refractivity contribution in [1.29, 1.82) is 0 Å². The van der Waals surface area contributed by atoms with E-state index in [0.29, 0.717) is 11.3 Å². The van der Waals surface area contributed by atoms with E-state index in [0.717, 1.165) is 47.7 Å². The maximum atomic E-state index is 14.2. The second-order valence-corrected chi connectivity index (χ2v) is 10.1. The summed E-state index contributed by atoms with van der Waals surface area (Å²) in [6.45, 7) is 1.51. The number of benzene rings is 3. The number of anilines is 1. The van der Waals surface area contributed by atoms with Crippen molar-refractivity contribution in [3.8, 4) is 0 Å². The molecule has 1 heterocycles. The maximum absolute atomic E-state index is 14.2. The predicted molar refractivity (Wildman–Crippen MR) is 150 cm³/mol. The van der Waals surface area contributed by atoms with Gasteiger partial charge in [-0.2, -0.15) is 0 Å². The predicted octanol–water partition coefficient (Wildman–Crippen LogP) is 6.14. The summed E-state index contributed by atoms with van der Waals surface area (Å²) >= 11 is 0. The van der Waals surface area contributed by atoms with Crippen molar-refractivity contribution in [2.24, 2.45) is 0 Å². The van der Waals surface area contributed by atoms with E-state index in [1.165, 1.54) is 13.3 Å². The third-order valence-corrected chi connectivity index (χ3v) is 7.41. The first kappa shape index (κ1) is 25.5. The number of carbonyl (C=O) groups excluding carboxylic acids is 3. The minimum Gasteiger partial charge on any atom is -0.361 e. The molecule has 0 aliphatic heterocycles. The Morgan fingerprint density at radius 3 is 2.29 bits per heavy atom. The Labute approximate surface area is 223 Å². The molecule has 1 atom stereocenters. The summed E-state index contributed by atoms with van der Waals surface area (Å²) in [5, 5.41) is 4.23. The van der Waals surface area contributed by atoms with Gasteiger partial charge >= 0.3 is 0 Å². The smallest absolute Gasteiger partial charge is 0.248 e. The molecule has 6 heteroatoms. The number of hydrogen-bond donors (Lipinski definition) is 2. The Hall–Kier alpha value is -4.19. The molecule has 0 spiro atoms. The lowest BCUT2D eigenvalue weighted by atomic mass is 9.94. The second kappa shape index (κ2) is 11.5. The molecule has 1 fully saturated rings. The zero-order valence-corrected chi connectivity index (χ0v) is 21.7. The Morgan fingerprint density at radius 2 is 1.58 bits per heavy atom. The molecule has 0 saturated heterocycles. The number of rotatable bonds is 8. The van der Waals surface area contributed by atoms with Crippen LogP contribution in [0.5, 0.6) is 0 Å². The summed E-state index contributed by atoms with van der Waals surface area (Å²) < 4.78 is 0. The number of amides is 2. The quantitative estimate of drug-likeness (QED) is 0.281. The fourth-order valence-electron chi connectivity index (χ4n) is 5.40. The molecule has 3 aromatic carbocycles. The summed E-state index contributed by atoms with van der Waals surface area (Å²) in [4.78, 5) is 44.9. The van der Waals surface area contributed by atoms with Crippen LogP contribution in [0.15, 0.2) is 85.1 Å². The van der Waals surface area contributed by atoms with Crippen molar-refractivity contribution in [3.63, 3.8) is 0 Å². The molecule has 4 aromatic rings. The van der Waals surface area contributed by atoms with Gasteiger partial charge in [-0.1, -0.05) is 67.8 Å². The van der Waals surface area contributed by atoms with Gasteiger partial charge in [-0.15, -0.1) is 0 Å². The first-order chi connectivity index (χ1) is 18.5. The molecule has 6 nitrogen and oxygen atoms in total. The van der Waals surface area contributed by atoms with Crippen molar-refractivity contribution < 1.29 is 14.4 Å². The van der Waals surface area contributed by atoms with Gasteiger partial charge in [-0.3, -0.25) is 19.3 Å². The van der Waals surface area contributed by atoms with Gasteiger partial charge in [0, 0.05) is 34.4 Å². The number of nitrogens with zero attached hydrogens (tertiary/aromatic N) is 1. The van der Waals surface area contributed by atoms with Crippen molar-refractivity contribution in [2.45, 2.75) is 57.5 Å². The lowest BCUT2D eigenvalue weighted by Crippen LogP contribution is -2.47. The van der Waals surface area contributed by atoms with Crippen LogP contribution in [0.3, 0.4) is 0 Å². The highest BCUT2D eigenvalue weighted by atomic mass is 16.2. The highest BCUT2D eigenvalue weighted by molar-refractivity contribution is 6.04. The number of hydrogen-bond acceptors (Lipinski definition) is 3. The van der Waals surface area contributed by atoms with Crippen LogP contribution in [0.25, 0.3) is 10.9 Å². The molecule has 38 heavy (non-hydrogen) atoms.